The third-order valence-corrected chi connectivity index (χ3v) is 5.06. The van der Waals surface area contributed by atoms with E-state index in [1.54, 1.807) is 0 Å². The monoisotopic (exact) mass is 428 g/mol. The average Bonchev–Trinajstić information content (AvgIpc) is 2.67. The van der Waals surface area contributed by atoms with E-state index in [1.807, 2.05) is 12.3 Å². The summed E-state index contributed by atoms with van der Waals surface area (Å²) in [5.41, 5.74) is 2.90. The summed E-state index contributed by atoms with van der Waals surface area (Å²) in [6, 6.07) is 10.4. The summed E-state index contributed by atoms with van der Waals surface area (Å²) in [5.74, 6) is 1.40. The number of aromatic nitrogens is 1. The van der Waals surface area contributed by atoms with Crippen molar-refractivity contribution in [3.05, 3.63) is 42.1 Å². The molecule has 0 bridgehead atoms. The van der Waals surface area contributed by atoms with Crippen molar-refractivity contribution in [1.82, 2.24) is 20.5 Å². The van der Waals surface area contributed by atoms with E-state index in [1.165, 1.54) is 30.5 Å². The van der Waals surface area contributed by atoms with Gasteiger partial charge in [0.1, 0.15) is 0 Å². The average molecular weight is 429 g/mol. The molecule has 1 aromatic carbocycles. The Labute approximate surface area is 192 Å². The Balaban J connectivity index is 0.000000229. The van der Waals surface area contributed by atoms with Crippen LogP contribution in [-0.2, 0) is 0 Å². The summed E-state index contributed by atoms with van der Waals surface area (Å²) >= 11 is 0. The fourth-order valence-corrected chi connectivity index (χ4v) is 3.22. The zero-order valence-electron chi connectivity index (χ0n) is 21.5. The first-order chi connectivity index (χ1) is 14.6. The van der Waals surface area contributed by atoms with Crippen LogP contribution >= 0.6 is 0 Å². The Morgan fingerprint density at radius 3 is 1.74 bits per heavy atom. The van der Waals surface area contributed by atoms with Crippen molar-refractivity contribution in [3.8, 4) is 0 Å². The predicted molar refractivity (Wildman–Crippen MR) is 138 cm³/mol. The lowest BCUT2D eigenvalue weighted by Crippen LogP contribution is -2.49. The number of pyridine rings is 1. The maximum atomic E-state index is 4.32. The second-order valence-electron chi connectivity index (χ2n) is 10.3. The molecule has 2 aromatic rings. The molecule has 2 fully saturated rings. The van der Waals surface area contributed by atoms with Gasteiger partial charge in [-0.1, -0.05) is 52.8 Å². The number of nitrogens with one attached hydrogen (secondary N) is 2. The Morgan fingerprint density at radius 2 is 1.39 bits per heavy atom. The van der Waals surface area contributed by atoms with Crippen LogP contribution in [0.25, 0.3) is 10.9 Å². The van der Waals surface area contributed by atoms with Crippen molar-refractivity contribution < 1.29 is 0 Å². The molecule has 2 aliphatic heterocycles. The van der Waals surface area contributed by atoms with Gasteiger partial charge in [0.25, 0.3) is 0 Å². The molecular weight excluding hydrogens is 380 g/mol. The molecule has 0 amide bonds. The molecule has 31 heavy (non-hydrogen) atoms. The number of rotatable bonds is 1. The molecule has 4 rings (SSSR count). The van der Waals surface area contributed by atoms with E-state index in [2.05, 4.69) is 100 Å². The first-order valence-corrected chi connectivity index (χ1v) is 12.1. The highest BCUT2D eigenvalue weighted by Gasteiger charge is 2.25. The lowest BCUT2D eigenvalue weighted by atomic mass is 9.98. The van der Waals surface area contributed by atoms with Crippen LogP contribution in [0.4, 0.5) is 0 Å². The van der Waals surface area contributed by atoms with E-state index < -0.39 is 0 Å². The Kier molecular flexibility index (Phi) is 12.9. The molecule has 1 aromatic heterocycles. The number of likely N-dealkylation sites (tertiary alicyclic amines) is 1. The van der Waals surface area contributed by atoms with Crippen molar-refractivity contribution in [2.24, 2.45) is 5.92 Å². The topological polar surface area (TPSA) is 40.2 Å². The zero-order valence-corrected chi connectivity index (χ0v) is 21.5. The summed E-state index contributed by atoms with van der Waals surface area (Å²) in [6.07, 6.45) is 3.24. The van der Waals surface area contributed by atoms with E-state index in [4.69, 9.17) is 0 Å². The van der Waals surface area contributed by atoms with Gasteiger partial charge in [-0.05, 0) is 69.8 Å². The lowest BCUT2D eigenvalue weighted by Gasteiger charge is -2.42. The maximum Gasteiger partial charge on any atom is 0.0704 e. The summed E-state index contributed by atoms with van der Waals surface area (Å²) in [5, 5.41) is 7.72. The van der Waals surface area contributed by atoms with E-state index in [0.717, 1.165) is 37.6 Å². The normalized spacial score (nSPS) is 16.3. The first-order valence-electron chi connectivity index (χ1n) is 12.1. The number of hydrogen-bond acceptors (Lipinski definition) is 4. The van der Waals surface area contributed by atoms with Gasteiger partial charge in [-0.3, -0.25) is 9.88 Å². The van der Waals surface area contributed by atoms with Crippen molar-refractivity contribution >= 4 is 10.9 Å². The molecule has 2 saturated heterocycles. The highest BCUT2D eigenvalue weighted by atomic mass is 15.2. The SMILES string of the molecule is C1CNCCN1.CC(C)(C)N1CCC1.CC(C)C.CC(C)c1cccc2ncccc12. The van der Waals surface area contributed by atoms with E-state index in [-0.39, 0.29) is 0 Å². The molecular formula is C27H48N4. The number of piperazine rings is 1. The Bertz CT molecular complexity index is 691. The number of benzene rings is 1. The molecule has 0 spiro atoms. The van der Waals surface area contributed by atoms with Gasteiger partial charge in [-0.2, -0.15) is 0 Å². The summed E-state index contributed by atoms with van der Waals surface area (Å²) in [4.78, 5) is 6.82. The Morgan fingerprint density at radius 1 is 0.839 bits per heavy atom. The summed E-state index contributed by atoms with van der Waals surface area (Å²) in [7, 11) is 0. The fourth-order valence-electron chi connectivity index (χ4n) is 3.22. The molecule has 2 N–H and O–H groups in total. The van der Waals surface area contributed by atoms with Crippen molar-refractivity contribution in [3.63, 3.8) is 0 Å². The molecule has 0 unspecified atom stereocenters. The number of hydrogen-bond donors (Lipinski definition) is 2. The van der Waals surface area contributed by atoms with Gasteiger partial charge in [0.15, 0.2) is 0 Å². The third kappa shape index (κ3) is 11.6. The first kappa shape index (κ1) is 27.5. The summed E-state index contributed by atoms with van der Waals surface area (Å²) < 4.78 is 0. The van der Waals surface area contributed by atoms with Crippen LogP contribution in [0.1, 0.15) is 73.3 Å². The minimum atomic E-state index is 0.429. The van der Waals surface area contributed by atoms with Crippen LogP contribution in [-0.4, -0.2) is 54.7 Å². The van der Waals surface area contributed by atoms with Crippen molar-refractivity contribution in [1.29, 1.82) is 0 Å². The van der Waals surface area contributed by atoms with Crippen molar-refractivity contribution in [2.45, 2.75) is 73.3 Å². The van der Waals surface area contributed by atoms with Crippen LogP contribution in [0, 0.1) is 5.92 Å². The quantitative estimate of drug-likeness (QED) is 0.612. The van der Waals surface area contributed by atoms with E-state index in [0.29, 0.717) is 11.5 Å². The number of nitrogens with zero attached hydrogens (tertiary/aromatic N) is 2. The minimum Gasteiger partial charge on any atom is -0.314 e. The predicted octanol–water partition coefficient (Wildman–Crippen LogP) is 5.69. The van der Waals surface area contributed by atoms with Gasteiger partial charge in [-0.15, -0.1) is 0 Å². The maximum absolute atomic E-state index is 4.32. The van der Waals surface area contributed by atoms with Crippen LogP contribution in [0.2, 0.25) is 0 Å². The van der Waals surface area contributed by atoms with Crippen LogP contribution in [0.5, 0.6) is 0 Å². The second-order valence-corrected chi connectivity index (χ2v) is 10.3. The van der Waals surface area contributed by atoms with Gasteiger partial charge >= 0.3 is 0 Å². The van der Waals surface area contributed by atoms with Gasteiger partial charge < -0.3 is 10.6 Å². The van der Waals surface area contributed by atoms with E-state index >= 15 is 0 Å². The lowest BCUT2D eigenvalue weighted by molar-refractivity contribution is 0.0690. The molecule has 0 atom stereocenters. The molecule has 2 aliphatic rings. The van der Waals surface area contributed by atoms with Crippen LogP contribution in [0.15, 0.2) is 36.5 Å². The Hall–Kier alpha value is -1.49. The molecule has 176 valence electrons. The smallest absolute Gasteiger partial charge is 0.0704 e. The second kappa shape index (κ2) is 14.5. The van der Waals surface area contributed by atoms with Gasteiger partial charge in [0.2, 0.25) is 0 Å². The highest BCUT2D eigenvalue weighted by Crippen LogP contribution is 2.23. The number of fused-ring (bicyclic) bond motifs is 1. The third-order valence-electron chi connectivity index (χ3n) is 5.06. The molecule has 3 heterocycles. The fraction of sp³-hybridized carbons (Fsp3) is 0.667. The van der Waals surface area contributed by atoms with Gasteiger partial charge in [0, 0.05) is 43.3 Å². The molecule has 4 heteroatoms. The summed E-state index contributed by atoms with van der Waals surface area (Å²) in [6.45, 7) is 24.9. The zero-order chi connectivity index (χ0) is 23.3. The van der Waals surface area contributed by atoms with Crippen molar-refractivity contribution in [2.75, 3.05) is 39.3 Å². The van der Waals surface area contributed by atoms with Gasteiger partial charge in [0.05, 0.1) is 5.52 Å². The molecule has 0 saturated carbocycles. The highest BCUT2D eigenvalue weighted by molar-refractivity contribution is 5.82. The van der Waals surface area contributed by atoms with Gasteiger partial charge in [-0.25, -0.2) is 0 Å². The van der Waals surface area contributed by atoms with E-state index in [9.17, 15) is 0 Å². The molecule has 4 nitrogen and oxygen atoms in total. The standard InChI is InChI=1S/C12H13N.C7H15N.C4H10N2.C4H10/c1-9(2)10-5-3-7-12-11(10)6-4-8-13-12;1-7(2,3)8-5-4-6-8;1-2-6-4-3-5-1;1-4(2)3/h3-9H,1-2H3;4-6H2,1-3H3;5-6H,1-4H2;4H,1-3H3. The minimum absolute atomic E-state index is 0.429. The largest absolute Gasteiger partial charge is 0.314 e. The molecule has 0 radical (unpaired) electrons. The van der Waals surface area contributed by atoms with Crippen LogP contribution < -0.4 is 10.6 Å². The van der Waals surface area contributed by atoms with Crippen LogP contribution in [0.3, 0.4) is 0 Å². The molecule has 0 aliphatic carbocycles.